The van der Waals surface area contributed by atoms with Crippen molar-refractivity contribution in [3.63, 3.8) is 0 Å². The van der Waals surface area contributed by atoms with Crippen LogP contribution < -0.4 is 4.65 Å². The lowest BCUT2D eigenvalue weighted by atomic mass is 9.85. The SMILES string of the molecule is Brc1cccc(-c2c3ccccc3c(-c3ccccc3)c3ccccc23)c1.O[B]Oc1cc2ccccc2c2c1oc1ccccc12.c1ccc(-c2c3ccccc3c(-c3cccc(-c4cc5ccccc5c5c4oc4ccccc45)c3)c3ccccc23)cc1. The van der Waals surface area contributed by atoms with Crippen LogP contribution in [0.3, 0.4) is 0 Å². The molecule has 4 nitrogen and oxygen atoms in total. The Bertz CT molecular complexity index is 5660. The summed E-state index contributed by atoms with van der Waals surface area (Å²) in [4.78, 5) is 0. The molecule has 0 saturated carbocycles. The molecule has 0 bridgehead atoms. The van der Waals surface area contributed by atoms with Gasteiger partial charge >= 0.3 is 7.69 Å². The maximum Gasteiger partial charge on any atom is 0.569 e. The quantitative estimate of drug-likeness (QED) is 0.128. The van der Waals surface area contributed by atoms with Gasteiger partial charge in [-0.25, -0.2) is 0 Å². The largest absolute Gasteiger partial charge is 0.569 e. The third-order valence-corrected chi connectivity index (χ3v) is 17.9. The van der Waals surface area contributed by atoms with Crippen LogP contribution in [-0.4, -0.2) is 12.7 Å². The predicted molar refractivity (Wildman–Crippen MR) is 382 cm³/mol. The molecule has 6 heteroatoms. The predicted octanol–water partition coefficient (Wildman–Crippen LogP) is 23.8. The van der Waals surface area contributed by atoms with E-state index in [0.717, 1.165) is 59.3 Å². The Balaban J connectivity index is 0.000000118. The van der Waals surface area contributed by atoms with Crippen molar-refractivity contribution in [3.05, 3.63) is 320 Å². The Morgan fingerprint density at radius 3 is 1.07 bits per heavy atom. The molecule has 0 spiro atoms. The van der Waals surface area contributed by atoms with Crippen LogP contribution in [0.5, 0.6) is 5.75 Å². The average Bonchev–Trinajstić information content (AvgIpc) is 1.50. The van der Waals surface area contributed by atoms with Crippen molar-refractivity contribution in [1.29, 1.82) is 0 Å². The Hall–Kier alpha value is -11.0. The Labute approximate surface area is 528 Å². The highest BCUT2D eigenvalue weighted by atomic mass is 79.9. The van der Waals surface area contributed by atoms with Gasteiger partial charge in [-0.05, 0) is 157 Å². The first kappa shape index (κ1) is 54.4. The van der Waals surface area contributed by atoms with Crippen LogP contribution in [0.25, 0.3) is 164 Å². The van der Waals surface area contributed by atoms with Crippen molar-refractivity contribution >= 4 is 132 Å². The van der Waals surface area contributed by atoms with E-state index in [0.29, 0.717) is 19.0 Å². The normalized spacial score (nSPS) is 11.4. The summed E-state index contributed by atoms with van der Waals surface area (Å²) in [6, 6.07) is 111. The number of para-hydroxylation sites is 2. The first-order valence-electron chi connectivity index (χ1n) is 30.2. The van der Waals surface area contributed by atoms with E-state index in [-0.39, 0.29) is 0 Å². The van der Waals surface area contributed by atoms with Gasteiger partial charge in [0.05, 0.1) is 0 Å². The van der Waals surface area contributed by atoms with Crippen LogP contribution in [-0.2, 0) is 0 Å². The topological polar surface area (TPSA) is 55.7 Å². The maximum atomic E-state index is 8.94. The van der Waals surface area contributed by atoms with Crippen LogP contribution in [0.4, 0.5) is 0 Å². The summed E-state index contributed by atoms with van der Waals surface area (Å²) in [6.07, 6.45) is 0. The molecule has 0 amide bonds. The number of fused-ring (bicyclic) bond motifs is 14. The van der Waals surface area contributed by atoms with E-state index in [2.05, 4.69) is 277 Å². The fourth-order valence-corrected chi connectivity index (χ4v) is 14.1. The van der Waals surface area contributed by atoms with Crippen LogP contribution in [0.1, 0.15) is 0 Å². The van der Waals surface area contributed by atoms with E-state index in [4.69, 9.17) is 18.5 Å². The monoisotopic (exact) mass is 1220 g/mol. The molecule has 0 aliphatic heterocycles. The molecule has 0 aliphatic rings. The molecule has 0 atom stereocenters. The molecule has 1 radical (unpaired) electrons. The molecule has 0 fully saturated rings. The summed E-state index contributed by atoms with van der Waals surface area (Å²) in [5, 5.41) is 28.1. The smallest absolute Gasteiger partial charge is 0.535 e. The van der Waals surface area contributed by atoms with E-state index in [1.807, 2.05) is 54.6 Å². The molecular formula is C84H53BBrO4. The van der Waals surface area contributed by atoms with Gasteiger partial charge in [0.25, 0.3) is 0 Å². The summed E-state index contributed by atoms with van der Waals surface area (Å²) in [5.41, 5.74) is 15.6. The van der Waals surface area contributed by atoms with Crippen molar-refractivity contribution in [3.8, 4) is 61.4 Å². The summed E-state index contributed by atoms with van der Waals surface area (Å²) >= 11 is 3.64. The lowest BCUT2D eigenvalue weighted by Crippen LogP contribution is -1.99. The molecule has 0 aliphatic carbocycles. The van der Waals surface area contributed by atoms with Gasteiger partial charge in [0, 0.05) is 31.6 Å². The zero-order chi connectivity index (χ0) is 60.1. The van der Waals surface area contributed by atoms with Crippen molar-refractivity contribution < 1.29 is 18.5 Å². The molecule has 18 rings (SSSR count). The molecule has 0 unspecified atom stereocenters. The molecular weight excluding hydrogens is 1160 g/mol. The van der Waals surface area contributed by atoms with Crippen molar-refractivity contribution in [1.82, 2.24) is 0 Å². The Morgan fingerprint density at radius 2 is 0.611 bits per heavy atom. The first-order chi connectivity index (χ1) is 44.6. The number of hydrogen-bond acceptors (Lipinski definition) is 4. The maximum absolute atomic E-state index is 8.94. The van der Waals surface area contributed by atoms with E-state index in [1.54, 1.807) is 0 Å². The first-order valence-corrected chi connectivity index (χ1v) is 31.0. The van der Waals surface area contributed by atoms with Crippen molar-refractivity contribution in [2.45, 2.75) is 0 Å². The summed E-state index contributed by atoms with van der Waals surface area (Å²) in [5.74, 6) is 0.511. The van der Waals surface area contributed by atoms with Crippen LogP contribution in [0.2, 0.25) is 0 Å². The second-order valence-electron chi connectivity index (χ2n) is 22.6. The van der Waals surface area contributed by atoms with Crippen LogP contribution in [0.15, 0.2) is 329 Å². The van der Waals surface area contributed by atoms with Gasteiger partial charge in [-0.1, -0.05) is 289 Å². The number of halogens is 1. The minimum Gasteiger partial charge on any atom is -0.535 e. The van der Waals surface area contributed by atoms with Crippen LogP contribution in [0, 0.1) is 0 Å². The minimum absolute atomic E-state index is 0.511. The Kier molecular flexibility index (Phi) is 14.1. The highest BCUT2D eigenvalue weighted by Crippen LogP contribution is 2.48. The number of hydrogen-bond donors (Lipinski definition) is 1. The summed E-state index contributed by atoms with van der Waals surface area (Å²) < 4.78 is 18.8. The number of rotatable bonds is 7. The molecule has 18 aromatic rings. The van der Waals surface area contributed by atoms with E-state index in [9.17, 15) is 0 Å². The third kappa shape index (κ3) is 9.53. The van der Waals surface area contributed by atoms with Gasteiger partial charge in [-0.3, -0.25) is 0 Å². The summed E-state index contributed by atoms with van der Waals surface area (Å²) in [7, 11) is 0.677. The molecule has 2 aromatic heterocycles. The van der Waals surface area contributed by atoms with E-state index < -0.39 is 0 Å². The van der Waals surface area contributed by atoms with Gasteiger partial charge in [-0.2, -0.15) is 0 Å². The fraction of sp³-hybridized carbons (Fsp3) is 0. The molecule has 1 N–H and O–H groups in total. The van der Waals surface area contributed by atoms with Gasteiger partial charge in [0.2, 0.25) is 0 Å². The third-order valence-electron chi connectivity index (χ3n) is 17.4. The molecule has 90 heavy (non-hydrogen) atoms. The van der Waals surface area contributed by atoms with E-state index >= 15 is 0 Å². The number of furan rings is 2. The number of benzene rings is 16. The lowest BCUT2D eigenvalue weighted by molar-refractivity contribution is 0.451. The molecule has 16 aromatic carbocycles. The van der Waals surface area contributed by atoms with Crippen molar-refractivity contribution in [2.24, 2.45) is 0 Å². The molecule has 2 heterocycles. The summed E-state index contributed by atoms with van der Waals surface area (Å²) in [6.45, 7) is 0. The standard InChI is InChI=1S/C42H26O.C26H17Br.C16H10BO3/c1-2-13-27(14-3-1)39-32-19-6-8-21-34(32)40(35-22-9-7-20-33(35)39)30-17-12-16-28(25-30)37-26-29-15-4-5-18-31(29)41-36-23-10-11-24-38(36)43-42(37)41;27-20-12-8-11-19(17-20)26-23-15-6-4-13-21(23)25(18-9-2-1-3-10-18)22-14-5-7-16-24(22)26;18-17-20-14-9-10-5-1-2-6-11(10)15-12-7-3-4-8-13(12)19-16(14)15/h1-26H;1-17H;1-9,18H. The van der Waals surface area contributed by atoms with E-state index in [1.165, 1.54) is 104 Å². The zero-order valence-corrected chi connectivity index (χ0v) is 50.2. The lowest BCUT2D eigenvalue weighted by Gasteiger charge is -2.18. The second-order valence-corrected chi connectivity index (χ2v) is 23.5. The molecule has 0 saturated heterocycles. The van der Waals surface area contributed by atoms with Gasteiger partial charge in [0.1, 0.15) is 22.5 Å². The highest BCUT2D eigenvalue weighted by Gasteiger charge is 2.22. The Morgan fingerprint density at radius 1 is 0.278 bits per heavy atom. The van der Waals surface area contributed by atoms with Gasteiger partial charge in [0.15, 0.2) is 5.58 Å². The van der Waals surface area contributed by atoms with Gasteiger partial charge in [-0.15, -0.1) is 0 Å². The zero-order valence-electron chi connectivity index (χ0n) is 48.6. The fourth-order valence-electron chi connectivity index (χ4n) is 13.7. The average molecular weight is 1220 g/mol. The van der Waals surface area contributed by atoms with Gasteiger partial charge < -0.3 is 18.5 Å². The highest BCUT2D eigenvalue weighted by molar-refractivity contribution is 9.10. The van der Waals surface area contributed by atoms with Crippen molar-refractivity contribution in [2.75, 3.05) is 0 Å². The minimum atomic E-state index is 0.511. The van der Waals surface area contributed by atoms with Crippen LogP contribution >= 0.6 is 15.9 Å². The molecule has 423 valence electrons. The second kappa shape index (κ2) is 23.3.